The number of H-pyrrole nitrogens is 1. The van der Waals surface area contributed by atoms with Crippen LogP contribution in [0.3, 0.4) is 0 Å². The van der Waals surface area contributed by atoms with E-state index in [4.69, 9.17) is 5.11 Å². The van der Waals surface area contributed by atoms with Gasteiger partial charge in [0.15, 0.2) is 5.43 Å². The van der Waals surface area contributed by atoms with Gasteiger partial charge in [-0.05, 0) is 6.42 Å². The Labute approximate surface area is 97.9 Å². The normalized spacial score (nSPS) is 9.94. The van der Waals surface area contributed by atoms with E-state index < -0.39 is 11.9 Å². The lowest BCUT2D eigenvalue weighted by Gasteiger charge is -2.15. The highest BCUT2D eigenvalue weighted by Gasteiger charge is 2.14. The summed E-state index contributed by atoms with van der Waals surface area (Å²) in [5, 5.41) is 8.47. The fourth-order valence-corrected chi connectivity index (χ4v) is 1.36. The molecule has 0 aliphatic rings. The van der Waals surface area contributed by atoms with Gasteiger partial charge in [-0.25, -0.2) is 0 Å². The predicted octanol–water partition coefficient (Wildman–Crippen LogP) is 0.312. The van der Waals surface area contributed by atoms with Crippen LogP contribution in [-0.4, -0.2) is 40.5 Å². The first-order chi connectivity index (χ1) is 8.02. The van der Waals surface area contributed by atoms with Crippen molar-refractivity contribution in [2.45, 2.75) is 12.8 Å². The van der Waals surface area contributed by atoms with Crippen molar-refractivity contribution in [3.63, 3.8) is 0 Å². The summed E-state index contributed by atoms with van der Waals surface area (Å²) in [5.41, 5.74) is -0.288. The number of carboxylic acid groups (broad SMARTS) is 1. The molecule has 0 atom stereocenters. The zero-order chi connectivity index (χ0) is 12.8. The Kier molecular flexibility index (Phi) is 4.45. The molecule has 1 heterocycles. The first kappa shape index (κ1) is 13.0. The van der Waals surface area contributed by atoms with Gasteiger partial charge in [-0.3, -0.25) is 14.4 Å². The topological polar surface area (TPSA) is 90.5 Å². The van der Waals surface area contributed by atoms with Crippen LogP contribution in [0.4, 0.5) is 0 Å². The van der Waals surface area contributed by atoms with E-state index in [1.54, 1.807) is 0 Å². The molecule has 0 saturated carbocycles. The third kappa shape index (κ3) is 3.75. The van der Waals surface area contributed by atoms with Gasteiger partial charge < -0.3 is 15.0 Å². The molecule has 0 fully saturated rings. The van der Waals surface area contributed by atoms with Crippen LogP contribution in [0.25, 0.3) is 0 Å². The van der Waals surface area contributed by atoms with E-state index in [0.29, 0.717) is 13.0 Å². The molecule has 6 heteroatoms. The number of aliphatic carboxylic acids is 1. The van der Waals surface area contributed by atoms with Crippen LogP contribution in [0.1, 0.15) is 23.2 Å². The molecule has 1 amide bonds. The molecule has 1 aromatic heterocycles. The van der Waals surface area contributed by atoms with Gasteiger partial charge in [0, 0.05) is 38.5 Å². The molecular formula is C11H14N2O4. The number of pyridine rings is 1. The molecule has 0 radical (unpaired) electrons. The maximum atomic E-state index is 11.8. The van der Waals surface area contributed by atoms with E-state index in [1.165, 1.54) is 30.4 Å². The zero-order valence-electron chi connectivity index (χ0n) is 9.47. The number of nitrogens with one attached hydrogen (secondary N) is 1. The van der Waals surface area contributed by atoms with Crippen molar-refractivity contribution >= 4 is 11.9 Å². The summed E-state index contributed by atoms with van der Waals surface area (Å²) in [7, 11) is 1.54. The minimum atomic E-state index is -0.900. The van der Waals surface area contributed by atoms with Crippen molar-refractivity contribution in [2.24, 2.45) is 0 Å². The molecule has 0 aromatic carbocycles. The lowest BCUT2D eigenvalue weighted by atomic mass is 10.2. The van der Waals surface area contributed by atoms with Gasteiger partial charge in [0.25, 0.3) is 5.91 Å². The second kappa shape index (κ2) is 5.83. The van der Waals surface area contributed by atoms with Gasteiger partial charge in [0.05, 0.1) is 0 Å². The van der Waals surface area contributed by atoms with Gasteiger partial charge in [-0.15, -0.1) is 0 Å². The molecule has 0 spiro atoms. The van der Waals surface area contributed by atoms with Crippen LogP contribution in [0.2, 0.25) is 0 Å². The van der Waals surface area contributed by atoms with Gasteiger partial charge in [-0.1, -0.05) is 0 Å². The average molecular weight is 238 g/mol. The molecule has 0 aliphatic heterocycles. The summed E-state index contributed by atoms with van der Waals surface area (Å²) in [6.45, 7) is 0.305. The first-order valence-electron chi connectivity index (χ1n) is 5.16. The van der Waals surface area contributed by atoms with Crippen LogP contribution in [0.5, 0.6) is 0 Å². The Morgan fingerprint density at radius 1 is 1.47 bits per heavy atom. The molecule has 0 unspecified atom stereocenters. The van der Waals surface area contributed by atoms with Crippen molar-refractivity contribution in [3.05, 3.63) is 34.2 Å². The summed E-state index contributed by atoms with van der Waals surface area (Å²) in [6, 6.07) is 1.28. The lowest BCUT2D eigenvalue weighted by Crippen LogP contribution is -2.31. The van der Waals surface area contributed by atoms with E-state index in [1.807, 2.05) is 0 Å². The molecule has 0 aliphatic carbocycles. The summed E-state index contributed by atoms with van der Waals surface area (Å²) in [5.74, 6) is -1.30. The molecule has 0 bridgehead atoms. The third-order valence-electron chi connectivity index (χ3n) is 2.29. The second-order valence-electron chi connectivity index (χ2n) is 3.65. The smallest absolute Gasteiger partial charge is 0.303 e. The zero-order valence-corrected chi connectivity index (χ0v) is 9.47. The van der Waals surface area contributed by atoms with E-state index in [2.05, 4.69) is 4.98 Å². The molecule has 6 nitrogen and oxygen atoms in total. The number of aromatic nitrogens is 1. The number of hydrogen-bond acceptors (Lipinski definition) is 3. The monoisotopic (exact) mass is 238 g/mol. The van der Waals surface area contributed by atoms with Gasteiger partial charge >= 0.3 is 5.97 Å². The van der Waals surface area contributed by atoms with Crippen molar-refractivity contribution in [1.82, 2.24) is 9.88 Å². The number of aromatic amines is 1. The fourth-order valence-electron chi connectivity index (χ4n) is 1.36. The lowest BCUT2D eigenvalue weighted by molar-refractivity contribution is -0.137. The Morgan fingerprint density at radius 2 is 2.18 bits per heavy atom. The van der Waals surface area contributed by atoms with Crippen LogP contribution in [-0.2, 0) is 4.79 Å². The molecule has 1 aromatic rings. The third-order valence-corrected chi connectivity index (χ3v) is 2.29. The molecule has 0 saturated heterocycles. The number of nitrogens with zero attached hydrogens (tertiary/aromatic N) is 1. The maximum Gasteiger partial charge on any atom is 0.303 e. The number of carbonyl (C=O) groups excluding carboxylic acids is 1. The van der Waals surface area contributed by atoms with Crippen molar-refractivity contribution in [2.75, 3.05) is 13.6 Å². The van der Waals surface area contributed by atoms with Crippen molar-refractivity contribution < 1.29 is 14.7 Å². The number of rotatable bonds is 5. The highest BCUT2D eigenvalue weighted by atomic mass is 16.4. The highest BCUT2D eigenvalue weighted by molar-refractivity contribution is 5.93. The molecule has 2 N–H and O–H groups in total. The standard InChI is InChI=1S/C11H14N2O4/c1-13(6-2-3-10(15)16)11(17)8-7-12-5-4-9(8)14/h4-5,7H,2-3,6H2,1H3,(H,12,14)(H,15,16). The van der Waals surface area contributed by atoms with E-state index in [0.717, 1.165) is 0 Å². The Morgan fingerprint density at radius 3 is 2.76 bits per heavy atom. The molecule has 17 heavy (non-hydrogen) atoms. The maximum absolute atomic E-state index is 11.8. The summed E-state index contributed by atoms with van der Waals surface area (Å²) < 4.78 is 0. The quantitative estimate of drug-likeness (QED) is 0.772. The Bertz CT molecular complexity index is 467. The Balaban J connectivity index is 2.61. The van der Waals surface area contributed by atoms with Gasteiger partial charge in [0.1, 0.15) is 5.56 Å². The fraction of sp³-hybridized carbons (Fsp3) is 0.364. The largest absolute Gasteiger partial charge is 0.481 e. The van der Waals surface area contributed by atoms with Gasteiger partial charge in [0.2, 0.25) is 0 Å². The Hall–Kier alpha value is -2.11. The number of hydrogen-bond donors (Lipinski definition) is 2. The average Bonchev–Trinajstić information content (AvgIpc) is 2.28. The minimum absolute atomic E-state index is 0.00274. The minimum Gasteiger partial charge on any atom is -0.481 e. The number of amides is 1. The van der Waals surface area contributed by atoms with Crippen LogP contribution in [0.15, 0.2) is 23.3 Å². The first-order valence-corrected chi connectivity index (χ1v) is 5.16. The van der Waals surface area contributed by atoms with Crippen LogP contribution >= 0.6 is 0 Å². The number of carboxylic acids is 1. The SMILES string of the molecule is CN(CCCC(=O)O)C(=O)c1c[nH]ccc1=O. The second-order valence-corrected chi connectivity index (χ2v) is 3.65. The van der Waals surface area contributed by atoms with Crippen LogP contribution < -0.4 is 5.43 Å². The van der Waals surface area contributed by atoms with Crippen LogP contribution in [0, 0.1) is 0 Å². The van der Waals surface area contributed by atoms with Crippen molar-refractivity contribution in [3.8, 4) is 0 Å². The predicted molar refractivity (Wildman–Crippen MR) is 60.9 cm³/mol. The molecular weight excluding hydrogens is 224 g/mol. The molecule has 1 rings (SSSR count). The van der Waals surface area contributed by atoms with Gasteiger partial charge in [-0.2, -0.15) is 0 Å². The summed E-state index contributed by atoms with van der Waals surface area (Å²) in [4.78, 5) is 37.5. The summed E-state index contributed by atoms with van der Waals surface area (Å²) in [6.07, 6.45) is 3.16. The molecule has 92 valence electrons. The number of carbonyl (C=O) groups is 2. The van der Waals surface area contributed by atoms with E-state index in [-0.39, 0.29) is 17.4 Å². The van der Waals surface area contributed by atoms with Crippen molar-refractivity contribution in [1.29, 1.82) is 0 Å². The summed E-state index contributed by atoms with van der Waals surface area (Å²) >= 11 is 0. The highest BCUT2D eigenvalue weighted by Crippen LogP contribution is 1.99. The van der Waals surface area contributed by atoms with E-state index >= 15 is 0 Å². The van der Waals surface area contributed by atoms with E-state index in [9.17, 15) is 14.4 Å².